The Morgan fingerprint density at radius 3 is 2.44 bits per heavy atom. The topological polar surface area (TPSA) is 79.7 Å². The van der Waals surface area contributed by atoms with E-state index in [-0.39, 0.29) is 22.6 Å². The maximum atomic E-state index is 13.2. The lowest BCUT2D eigenvalue weighted by atomic mass is 9.95. The zero-order valence-electron chi connectivity index (χ0n) is 17.8. The van der Waals surface area contributed by atoms with Gasteiger partial charge in [0.2, 0.25) is 0 Å². The van der Waals surface area contributed by atoms with Gasteiger partial charge in [0.05, 0.1) is 29.3 Å². The van der Waals surface area contributed by atoms with Crippen LogP contribution in [0.15, 0.2) is 66.5 Å². The van der Waals surface area contributed by atoms with Crippen molar-refractivity contribution in [1.82, 2.24) is 4.98 Å². The number of benzene rings is 2. The molecule has 7 heteroatoms. The summed E-state index contributed by atoms with van der Waals surface area (Å²) in [5, 5.41) is 11.6. The maximum absolute atomic E-state index is 13.2. The minimum absolute atomic E-state index is 0.0523. The molecular formula is C25H21ClN2O4. The molecule has 0 spiro atoms. The molecule has 1 aliphatic rings. The molecule has 32 heavy (non-hydrogen) atoms. The van der Waals surface area contributed by atoms with Crippen LogP contribution in [0.1, 0.15) is 28.3 Å². The van der Waals surface area contributed by atoms with Gasteiger partial charge in [-0.3, -0.25) is 19.5 Å². The molecule has 0 saturated carbocycles. The van der Waals surface area contributed by atoms with E-state index in [1.54, 1.807) is 48.8 Å². The normalized spacial score (nSPS) is 17.6. The molecule has 0 aliphatic carbocycles. The molecule has 4 rings (SSSR count). The molecule has 1 N–H and O–H groups in total. The van der Waals surface area contributed by atoms with Crippen LogP contribution in [0.3, 0.4) is 0 Å². The van der Waals surface area contributed by atoms with Crippen LogP contribution in [0.5, 0.6) is 5.75 Å². The Kier molecular flexibility index (Phi) is 5.72. The molecule has 1 saturated heterocycles. The van der Waals surface area contributed by atoms with E-state index >= 15 is 0 Å². The van der Waals surface area contributed by atoms with Gasteiger partial charge >= 0.3 is 0 Å². The van der Waals surface area contributed by atoms with Crippen LogP contribution < -0.4 is 9.64 Å². The van der Waals surface area contributed by atoms with Gasteiger partial charge in [-0.25, -0.2) is 0 Å². The van der Waals surface area contributed by atoms with E-state index in [1.807, 2.05) is 26.0 Å². The molecule has 1 fully saturated rings. The zero-order valence-corrected chi connectivity index (χ0v) is 18.6. The van der Waals surface area contributed by atoms with Gasteiger partial charge in [0.25, 0.3) is 11.7 Å². The number of hydrogen-bond acceptors (Lipinski definition) is 5. The molecule has 1 aliphatic heterocycles. The first kappa shape index (κ1) is 21.6. The standard InChI is InChI=1S/C25H21ClN2O4/c1-14-6-8-17(9-7-14)28-21(16-5-4-10-27-13-16)20(23(30)25(28)31)22(29)18-11-15(2)12-19(26)24(18)32-3/h4-13,21,29H,1-3H3/b22-20+. The van der Waals surface area contributed by atoms with Gasteiger partial charge in [-0.15, -0.1) is 0 Å². The Hall–Kier alpha value is -3.64. The van der Waals surface area contributed by atoms with Crippen molar-refractivity contribution in [2.45, 2.75) is 19.9 Å². The highest BCUT2D eigenvalue weighted by Gasteiger charge is 2.47. The van der Waals surface area contributed by atoms with Crippen molar-refractivity contribution < 1.29 is 19.4 Å². The smallest absolute Gasteiger partial charge is 0.300 e. The molecule has 3 aromatic rings. The lowest BCUT2D eigenvalue weighted by Gasteiger charge is -2.25. The highest BCUT2D eigenvalue weighted by molar-refractivity contribution is 6.51. The summed E-state index contributed by atoms with van der Waals surface area (Å²) in [6.07, 6.45) is 3.18. The first-order chi connectivity index (χ1) is 15.3. The maximum Gasteiger partial charge on any atom is 0.300 e. The number of anilines is 1. The second-order valence-electron chi connectivity index (χ2n) is 7.62. The largest absolute Gasteiger partial charge is 0.507 e. The zero-order chi connectivity index (χ0) is 23.0. The van der Waals surface area contributed by atoms with Gasteiger partial charge in [-0.1, -0.05) is 35.4 Å². The monoisotopic (exact) mass is 448 g/mol. The molecule has 0 bridgehead atoms. The van der Waals surface area contributed by atoms with E-state index < -0.39 is 17.7 Å². The highest BCUT2D eigenvalue weighted by Crippen LogP contribution is 2.44. The number of amides is 1. The molecule has 0 radical (unpaired) electrons. The number of ketones is 1. The summed E-state index contributed by atoms with van der Waals surface area (Å²) >= 11 is 6.31. The number of aryl methyl sites for hydroxylation is 2. The van der Waals surface area contributed by atoms with Crippen molar-refractivity contribution in [2.75, 3.05) is 12.0 Å². The number of carbonyl (C=O) groups excluding carboxylic acids is 2. The molecule has 1 amide bonds. The summed E-state index contributed by atoms with van der Waals surface area (Å²) in [6, 6.07) is 13.2. The number of hydrogen-bond donors (Lipinski definition) is 1. The third-order valence-electron chi connectivity index (χ3n) is 5.40. The summed E-state index contributed by atoms with van der Waals surface area (Å²) in [5.41, 5.74) is 3.11. The number of aliphatic hydroxyl groups is 1. The number of ether oxygens (including phenoxy) is 1. The van der Waals surface area contributed by atoms with E-state index in [2.05, 4.69) is 4.98 Å². The average molecular weight is 449 g/mol. The molecule has 1 aromatic heterocycles. The Morgan fingerprint density at radius 1 is 1.09 bits per heavy atom. The number of halogens is 1. The van der Waals surface area contributed by atoms with Gasteiger partial charge in [0.1, 0.15) is 11.5 Å². The SMILES string of the molecule is COc1c(Cl)cc(C)cc1/C(O)=C1\C(=O)C(=O)N(c2ccc(C)cc2)C1c1cccnc1. The fourth-order valence-corrected chi connectivity index (χ4v) is 4.27. The van der Waals surface area contributed by atoms with Crippen LogP contribution in [-0.4, -0.2) is 28.9 Å². The van der Waals surface area contributed by atoms with E-state index in [4.69, 9.17) is 16.3 Å². The first-order valence-electron chi connectivity index (χ1n) is 9.95. The Morgan fingerprint density at radius 2 is 1.81 bits per heavy atom. The van der Waals surface area contributed by atoms with Crippen LogP contribution in [0.2, 0.25) is 5.02 Å². The quantitative estimate of drug-likeness (QED) is 0.345. The Balaban J connectivity index is 1.99. The molecule has 6 nitrogen and oxygen atoms in total. The fourth-order valence-electron chi connectivity index (χ4n) is 3.91. The van der Waals surface area contributed by atoms with Crippen molar-refractivity contribution in [3.8, 4) is 5.75 Å². The number of Topliss-reactive ketones (excluding diaryl/α,β-unsaturated/α-hetero) is 1. The van der Waals surface area contributed by atoms with Gasteiger partial charge in [0.15, 0.2) is 0 Å². The minimum Gasteiger partial charge on any atom is -0.507 e. The van der Waals surface area contributed by atoms with Crippen molar-refractivity contribution in [1.29, 1.82) is 0 Å². The van der Waals surface area contributed by atoms with Crippen molar-refractivity contribution in [3.63, 3.8) is 0 Å². The summed E-state index contributed by atoms with van der Waals surface area (Å²) in [5.74, 6) is -1.66. The number of rotatable bonds is 4. The second kappa shape index (κ2) is 8.48. The van der Waals surface area contributed by atoms with Crippen LogP contribution in [0.25, 0.3) is 5.76 Å². The van der Waals surface area contributed by atoms with Crippen molar-refractivity contribution in [3.05, 3.63) is 93.8 Å². The Bertz CT molecular complexity index is 1240. The van der Waals surface area contributed by atoms with Gasteiger partial charge in [-0.05, 0) is 55.3 Å². The predicted molar refractivity (Wildman–Crippen MR) is 123 cm³/mol. The summed E-state index contributed by atoms with van der Waals surface area (Å²) in [6.45, 7) is 3.75. The summed E-state index contributed by atoms with van der Waals surface area (Å²) in [7, 11) is 1.43. The highest BCUT2D eigenvalue weighted by atomic mass is 35.5. The lowest BCUT2D eigenvalue weighted by molar-refractivity contribution is -0.132. The molecule has 2 aromatic carbocycles. The van der Waals surface area contributed by atoms with Gasteiger partial charge < -0.3 is 9.84 Å². The van der Waals surface area contributed by atoms with Crippen LogP contribution in [0, 0.1) is 13.8 Å². The number of aromatic nitrogens is 1. The van der Waals surface area contributed by atoms with Crippen LogP contribution in [-0.2, 0) is 9.59 Å². The molecule has 2 heterocycles. The number of carbonyl (C=O) groups is 2. The summed E-state index contributed by atoms with van der Waals surface area (Å²) < 4.78 is 5.39. The number of methoxy groups -OCH3 is 1. The number of pyridine rings is 1. The first-order valence-corrected chi connectivity index (χ1v) is 10.3. The van der Waals surface area contributed by atoms with E-state index in [9.17, 15) is 14.7 Å². The third-order valence-corrected chi connectivity index (χ3v) is 5.68. The van der Waals surface area contributed by atoms with Crippen molar-refractivity contribution in [2.24, 2.45) is 0 Å². The van der Waals surface area contributed by atoms with Gasteiger partial charge in [-0.2, -0.15) is 0 Å². The second-order valence-corrected chi connectivity index (χ2v) is 8.03. The van der Waals surface area contributed by atoms with E-state index in [0.717, 1.165) is 11.1 Å². The van der Waals surface area contributed by atoms with Gasteiger partial charge in [0, 0.05) is 18.1 Å². The van der Waals surface area contributed by atoms with E-state index in [1.165, 1.54) is 12.0 Å². The third kappa shape index (κ3) is 3.63. The number of nitrogens with zero attached hydrogens (tertiary/aromatic N) is 2. The lowest BCUT2D eigenvalue weighted by Crippen LogP contribution is -2.29. The Labute approximate surface area is 190 Å². The predicted octanol–water partition coefficient (Wildman–Crippen LogP) is 4.99. The van der Waals surface area contributed by atoms with Crippen LogP contribution in [0.4, 0.5) is 5.69 Å². The molecular weight excluding hydrogens is 428 g/mol. The molecule has 1 atom stereocenters. The van der Waals surface area contributed by atoms with E-state index in [0.29, 0.717) is 16.3 Å². The fraction of sp³-hybridized carbons (Fsp3) is 0.160. The summed E-state index contributed by atoms with van der Waals surface area (Å²) in [4.78, 5) is 31.9. The number of aliphatic hydroxyl groups excluding tert-OH is 1. The molecule has 1 unspecified atom stereocenters. The molecule has 162 valence electrons. The van der Waals surface area contributed by atoms with Crippen molar-refractivity contribution >= 4 is 34.7 Å². The average Bonchev–Trinajstić information content (AvgIpc) is 3.04. The van der Waals surface area contributed by atoms with Crippen LogP contribution >= 0.6 is 11.6 Å². The minimum atomic E-state index is -0.865.